The molecule has 6 nitrogen and oxygen atoms in total. The van der Waals surface area contributed by atoms with E-state index in [0.717, 1.165) is 12.8 Å². The minimum absolute atomic E-state index is 0.0596. The second-order valence-electron chi connectivity index (χ2n) is 4.76. The van der Waals surface area contributed by atoms with Crippen molar-refractivity contribution in [2.24, 2.45) is 0 Å². The summed E-state index contributed by atoms with van der Waals surface area (Å²) in [6.45, 7) is 5.01. The number of carboxylic acid groups (broad SMARTS) is 1. The number of aliphatic hydroxyl groups is 1. The van der Waals surface area contributed by atoms with Gasteiger partial charge < -0.3 is 20.0 Å². The predicted molar refractivity (Wildman–Crippen MR) is 66.3 cm³/mol. The minimum atomic E-state index is -0.910. The molecule has 0 aliphatic carbocycles. The molecular weight excluding hydrogens is 236 g/mol. The quantitative estimate of drug-likeness (QED) is 0.779. The van der Waals surface area contributed by atoms with Gasteiger partial charge in [0.2, 0.25) is 0 Å². The highest BCUT2D eigenvalue weighted by Crippen LogP contribution is 2.14. The zero-order chi connectivity index (χ0) is 13.7. The topological polar surface area (TPSA) is 81.1 Å². The zero-order valence-corrected chi connectivity index (χ0v) is 11.0. The van der Waals surface area contributed by atoms with Crippen molar-refractivity contribution in [3.05, 3.63) is 0 Å². The molecular formula is C12H22N2O4. The van der Waals surface area contributed by atoms with E-state index < -0.39 is 12.1 Å². The highest BCUT2D eigenvalue weighted by Gasteiger charge is 2.28. The minimum Gasteiger partial charge on any atom is -0.481 e. The summed E-state index contributed by atoms with van der Waals surface area (Å²) in [7, 11) is 0. The van der Waals surface area contributed by atoms with E-state index in [9.17, 15) is 14.7 Å². The Labute approximate surface area is 107 Å². The van der Waals surface area contributed by atoms with Gasteiger partial charge in [-0.3, -0.25) is 4.79 Å². The van der Waals surface area contributed by atoms with E-state index >= 15 is 0 Å². The highest BCUT2D eigenvalue weighted by atomic mass is 16.4. The van der Waals surface area contributed by atoms with Gasteiger partial charge in [-0.25, -0.2) is 4.79 Å². The lowest BCUT2D eigenvalue weighted by Gasteiger charge is -2.36. The van der Waals surface area contributed by atoms with Crippen LogP contribution in [0.2, 0.25) is 0 Å². The number of urea groups is 1. The molecule has 0 bridgehead atoms. The Morgan fingerprint density at radius 1 is 1.50 bits per heavy atom. The summed E-state index contributed by atoms with van der Waals surface area (Å²) in [5, 5.41) is 18.3. The molecule has 1 aliphatic rings. The number of aliphatic carboxylic acids is 1. The zero-order valence-electron chi connectivity index (χ0n) is 11.0. The molecule has 2 amide bonds. The van der Waals surface area contributed by atoms with Crippen LogP contribution in [0.25, 0.3) is 0 Å². The molecule has 2 unspecified atom stereocenters. The van der Waals surface area contributed by atoms with Crippen LogP contribution in [0.15, 0.2) is 0 Å². The van der Waals surface area contributed by atoms with Crippen molar-refractivity contribution in [1.29, 1.82) is 0 Å². The molecule has 0 aromatic heterocycles. The summed E-state index contributed by atoms with van der Waals surface area (Å²) < 4.78 is 0. The molecule has 1 saturated heterocycles. The molecule has 0 radical (unpaired) electrons. The number of carboxylic acids is 1. The van der Waals surface area contributed by atoms with Crippen LogP contribution in [0.3, 0.4) is 0 Å². The van der Waals surface area contributed by atoms with Crippen molar-refractivity contribution in [1.82, 2.24) is 9.80 Å². The van der Waals surface area contributed by atoms with Gasteiger partial charge in [-0.2, -0.15) is 0 Å². The summed E-state index contributed by atoms with van der Waals surface area (Å²) in [6, 6.07) is -0.510. The number of piperidine rings is 1. The smallest absolute Gasteiger partial charge is 0.320 e. The Morgan fingerprint density at radius 2 is 2.17 bits per heavy atom. The maximum absolute atomic E-state index is 12.2. The van der Waals surface area contributed by atoms with E-state index in [1.54, 1.807) is 16.7 Å². The molecule has 0 saturated carbocycles. The van der Waals surface area contributed by atoms with Crippen molar-refractivity contribution in [2.75, 3.05) is 19.6 Å². The summed E-state index contributed by atoms with van der Waals surface area (Å²) >= 11 is 0. The van der Waals surface area contributed by atoms with Crippen molar-refractivity contribution in [3.63, 3.8) is 0 Å². The average molecular weight is 258 g/mol. The predicted octanol–water partition coefficient (Wildman–Crippen LogP) is 0.748. The largest absolute Gasteiger partial charge is 0.481 e. The maximum atomic E-state index is 12.2. The number of amides is 2. The SMILES string of the molecule is CCN(C(=O)N1CCCC(O)C1)C(C)CC(=O)O. The van der Waals surface area contributed by atoms with Crippen LogP contribution in [0, 0.1) is 0 Å². The van der Waals surface area contributed by atoms with Gasteiger partial charge >= 0.3 is 12.0 Å². The van der Waals surface area contributed by atoms with Crippen LogP contribution in [0.1, 0.15) is 33.1 Å². The maximum Gasteiger partial charge on any atom is 0.320 e. The number of nitrogens with zero attached hydrogens (tertiary/aromatic N) is 2. The van der Waals surface area contributed by atoms with Crippen LogP contribution in [-0.2, 0) is 4.79 Å². The lowest BCUT2D eigenvalue weighted by molar-refractivity contribution is -0.138. The first-order valence-electron chi connectivity index (χ1n) is 6.41. The van der Waals surface area contributed by atoms with Crippen LogP contribution in [0.5, 0.6) is 0 Å². The van der Waals surface area contributed by atoms with Crippen molar-refractivity contribution in [2.45, 2.75) is 45.3 Å². The average Bonchev–Trinajstić information content (AvgIpc) is 2.28. The first-order valence-corrected chi connectivity index (χ1v) is 6.41. The fourth-order valence-corrected chi connectivity index (χ4v) is 2.31. The number of rotatable bonds is 4. The van der Waals surface area contributed by atoms with Crippen molar-refractivity contribution >= 4 is 12.0 Å². The second-order valence-corrected chi connectivity index (χ2v) is 4.76. The highest BCUT2D eigenvalue weighted by molar-refractivity contribution is 5.76. The van der Waals surface area contributed by atoms with E-state index in [1.165, 1.54) is 0 Å². The van der Waals surface area contributed by atoms with E-state index in [4.69, 9.17) is 5.11 Å². The number of aliphatic hydroxyl groups excluding tert-OH is 1. The molecule has 1 aliphatic heterocycles. The molecule has 6 heteroatoms. The fourth-order valence-electron chi connectivity index (χ4n) is 2.31. The third-order valence-corrected chi connectivity index (χ3v) is 3.26. The number of likely N-dealkylation sites (tertiary alicyclic amines) is 1. The Hall–Kier alpha value is -1.30. The summed E-state index contributed by atoms with van der Waals surface area (Å²) in [5.74, 6) is -0.910. The number of hydrogen-bond acceptors (Lipinski definition) is 3. The molecule has 1 heterocycles. The third kappa shape index (κ3) is 3.87. The summed E-state index contributed by atoms with van der Waals surface area (Å²) in [6.07, 6.45) is 0.991. The number of β-amino-alcohol motifs (C(OH)–C–C–N with tert-alkyl or cyclic N) is 1. The van der Waals surface area contributed by atoms with Gasteiger partial charge in [0, 0.05) is 25.7 Å². The summed E-state index contributed by atoms with van der Waals surface area (Å²) in [4.78, 5) is 26.1. The van der Waals surface area contributed by atoms with Crippen LogP contribution >= 0.6 is 0 Å². The Morgan fingerprint density at radius 3 is 2.67 bits per heavy atom. The van der Waals surface area contributed by atoms with Gasteiger partial charge in [-0.05, 0) is 26.7 Å². The number of hydrogen-bond donors (Lipinski definition) is 2. The first-order chi connectivity index (χ1) is 8.45. The molecule has 0 aromatic carbocycles. The molecule has 18 heavy (non-hydrogen) atoms. The molecule has 0 spiro atoms. The molecule has 104 valence electrons. The molecule has 1 rings (SSSR count). The van der Waals surface area contributed by atoms with Crippen LogP contribution < -0.4 is 0 Å². The lowest BCUT2D eigenvalue weighted by Crippen LogP contribution is -2.51. The third-order valence-electron chi connectivity index (χ3n) is 3.26. The molecule has 1 fully saturated rings. The van der Waals surface area contributed by atoms with Gasteiger partial charge in [-0.1, -0.05) is 0 Å². The van der Waals surface area contributed by atoms with Crippen molar-refractivity contribution < 1.29 is 19.8 Å². The Kier molecular flexibility index (Phi) is 5.40. The van der Waals surface area contributed by atoms with Gasteiger partial charge in [-0.15, -0.1) is 0 Å². The fraction of sp³-hybridized carbons (Fsp3) is 0.833. The van der Waals surface area contributed by atoms with E-state index in [-0.39, 0.29) is 18.5 Å². The number of carbonyl (C=O) groups excluding carboxylic acids is 1. The van der Waals surface area contributed by atoms with Crippen LogP contribution in [0.4, 0.5) is 4.79 Å². The molecule has 2 atom stereocenters. The first kappa shape index (κ1) is 14.8. The van der Waals surface area contributed by atoms with E-state index in [1.807, 2.05) is 6.92 Å². The van der Waals surface area contributed by atoms with Gasteiger partial charge in [0.15, 0.2) is 0 Å². The van der Waals surface area contributed by atoms with Crippen LogP contribution in [-0.4, -0.2) is 63.8 Å². The Balaban J connectivity index is 2.63. The Bertz CT molecular complexity index is 308. The van der Waals surface area contributed by atoms with E-state index in [2.05, 4.69) is 0 Å². The van der Waals surface area contributed by atoms with Gasteiger partial charge in [0.05, 0.1) is 12.5 Å². The van der Waals surface area contributed by atoms with Gasteiger partial charge in [0.1, 0.15) is 0 Å². The summed E-state index contributed by atoms with van der Waals surface area (Å²) in [5.41, 5.74) is 0. The van der Waals surface area contributed by atoms with E-state index in [0.29, 0.717) is 19.6 Å². The standard InChI is InChI=1S/C12H22N2O4/c1-3-14(9(2)7-11(16)17)12(18)13-6-4-5-10(15)8-13/h9-10,15H,3-8H2,1-2H3,(H,16,17). The van der Waals surface area contributed by atoms with Gasteiger partial charge in [0.25, 0.3) is 0 Å². The number of carbonyl (C=O) groups is 2. The molecule has 2 N–H and O–H groups in total. The van der Waals surface area contributed by atoms with Crippen molar-refractivity contribution in [3.8, 4) is 0 Å². The molecule has 0 aromatic rings. The second kappa shape index (κ2) is 6.58. The normalized spacial score (nSPS) is 21.5. The lowest BCUT2D eigenvalue weighted by atomic mass is 10.1. The monoisotopic (exact) mass is 258 g/mol.